The predicted molar refractivity (Wildman–Crippen MR) is 97.1 cm³/mol. The minimum atomic E-state index is -0.546. The Morgan fingerprint density at radius 2 is 1.83 bits per heavy atom. The highest BCUT2D eigenvalue weighted by Gasteiger charge is 2.28. The number of nitrogens with one attached hydrogen (secondary N) is 1. The second kappa shape index (κ2) is 7.97. The van der Waals surface area contributed by atoms with Crippen LogP contribution in [-0.4, -0.2) is 18.5 Å². The van der Waals surface area contributed by atoms with Crippen LogP contribution < -0.4 is 11.1 Å². The van der Waals surface area contributed by atoms with E-state index in [0.29, 0.717) is 23.0 Å². The van der Waals surface area contributed by atoms with E-state index in [0.717, 1.165) is 18.4 Å². The number of amides is 1. The van der Waals surface area contributed by atoms with Gasteiger partial charge in [0.15, 0.2) is 0 Å². The number of halogens is 3. The number of nitrogens with two attached hydrogens (primary N) is 1. The van der Waals surface area contributed by atoms with Gasteiger partial charge in [-0.25, -0.2) is 4.39 Å². The molecule has 1 amide bonds. The molecule has 3 rings (SSSR count). The van der Waals surface area contributed by atoms with Gasteiger partial charge < -0.3 is 11.1 Å². The Morgan fingerprint density at radius 3 is 2.42 bits per heavy atom. The SMILES string of the molecule is Cl.NC(CNC(=O)c1ccc(-c2ccc(Cl)cc2)cc1F)C1CC1. The van der Waals surface area contributed by atoms with E-state index in [-0.39, 0.29) is 24.0 Å². The molecular formula is C18H19Cl2FN2O. The first-order chi connectivity index (χ1) is 11.0. The zero-order valence-corrected chi connectivity index (χ0v) is 14.5. The molecule has 1 aliphatic carbocycles. The molecule has 6 heteroatoms. The van der Waals surface area contributed by atoms with E-state index in [1.165, 1.54) is 12.1 Å². The molecule has 1 atom stereocenters. The van der Waals surface area contributed by atoms with E-state index in [1.54, 1.807) is 18.2 Å². The summed E-state index contributed by atoms with van der Waals surface area (Å²) >= 11 is 5.85. The lowest BCUT2D eigenvalue weighted by atomic mass is 10.0. The van der Waals surface area contributed by atoms with Crippen molar-refractivity contribution in [2.75, 3.05) is 6.54 Å². The maximum atomic E-state index is 14.2. The highest BCUT2D eigenvalue weighted by molar-refractivity contribution is 6.30. The number of rotatable bonds is 5. The molecule has 24 heavy (non-hydrogen) atoms. The van der Waals surface area contributed by atoms with Crippen molar-refractivity contribution < 1.29 is 9.18 Å². The lowest BCUT2D eigenvalue weighted by molar-refractivity contribution is 0.0946. The van der Waals surface area contributed by atoms with Crippen LogP contribution >= 0.6 is 24.0 Å². The predicted octanol–water partition coefficient (Wildman–Crippen LogP) is 4.04. The lowest BCUT2D eigenvalue weighted by Gasteiger charge is -2.12. The molecule has 128 valence electrons. The summed E-state index contributed by atoms with van der Waals surface area (Å²) in [5.41, 5.74) is 7.51. The maximum absolute atomic E-state index is 14.2. The average molecular weight is 369 g/mol. The molecule has 0 saturated heterocycles. The normalized spacial score (nSPS) is 14.6. The third-order valence-corrected chi connectivity index (χ3v) is 4.37. The Morgan fingerprint density at radius 1 is 1.21 bits per heavy atom. The zero-order valence-electron chi connectivity index (χ0n) is 13.0. The van der Waals surface area contributed by atoms with Crippen LogP contribution in [-0.2, 0) is 0 Å². The van der Waals surface area contributed by atoms with Gasteiger partial charge in [0.25, 0.3) is 5.91 Å². The Labute approximate surface area is 151 Å². The summed E-state index contributed by atoms with van der Waals surface area (Å²) < 4.78 is 14.2. The van der Waals surface area contributed by atoms with Gasteiger partial charge in [0, 0.05) is 17.6 Å². The smallest absolute Gasteiger partial charge is 0.254 e. The van der Waals surface area contributed by atoms with Crippen molar-refractivity contribution in [3.05, 3.63) is 58.9 Å². The van der Waals surface area contributed by atoms with Gasteiger partial charge in [-0.15, -0.1) is 12.4 Å². The number of hydrogen-bond acceptors (Lipinski definition) is 2. The van der Waals surface area contributed by atoms with E-state index < -0.39 is 11.7 Å². The van der Waals surface area contributed by atoms with Gasteiger partial charge in [0.2, 0.25) is 0 Å². The van der Waals surface area contributed by atoms with Crippen molar-refractivity contribution in [3.8, 4) is 11.1 Å². The van der Waals surface area contributed by atoms with Crippen LogP contribution in [0.3, 0.4) is 0 Å². The van der Waals surface area contributed by atoms with E-state index in [1.807, 2.05) is 12.1 Å². The van der Waals surface area contributed by atoms with Crippen molar-refractivity contribution in [1.29, 1.82) is 0 Å². The fourth-order valence-corrected chi connectivity index (χ4v) is 2.64. The molecule has 0 bridgehead atoms. The average Bonchev–Trinajstić information content (AvgIpc) is 3.38. The third-order valence-electron chi connectivity index (χ3n) is 4.12. The summed E-state index contributed by atoms with van der Waals surface area (Å²) in [5.74, 6) is -0.483. The van der Waals surface area contributed by atoms with Gasteiger partial charge >= 0.3 is 0 Å². The van der Waals surface area contributed by atoms with Crippen molar-refractivity contribution >= 4 is 29.9 Å². The molecule has 2 aromatic carbocycles. The van der Waals surface area contributed by atoms with Gasteiger partial charge in [0.1, 0.15) is 5.82 Å². The second-order valence-corrected chi connectivity index (χ2v) is 6.35. The maximum Gasteiger partial charge on any atom is 0.254 e. The monoisotopic (exact) mass is 368 g/mol. The van der Waals surface area contributed by atoms with Gasteiger partial charge in [-0.1, -0.05) is 29.8 Å². The third kappa shape index (κ3) is 4.47. The molecule has 3 N–H and O–H groups in total. The van der Waals surface area contributed by atoms with Crippen molar-refractivity contribution in [1.82, 2.24) is 5.32 Å². The summed E-state index contributed by atoms with van der Waals surface area (Å²) in [7, 11) is 0. The quantitative estimate of drug-likeness (QED) is 0.836. The number of benzene rings is 2. The highest BCUT2D eigenvalue weighted by atomic mass is 35.5. The Kier molecular flexibility index (Phi) is 6.21. The molecule has 3 nitrogen and oxygen atoms in total. The van der Waals surface area contributed by atoms with Crippen LogP contribution in [0.2, 0.25) is 5.02 Å². The first-order valence-corrected chi connectivity index (χ1v) is 8.01. The lowest BCUT2D eigenvalue weighted by Crippen LogP contribution is -2.38. The molecule has 1 fully saturated rings. The molecule has 0 radical (unpaired) electrons. The van der Waals surface area contributed by atoms with Crippen LogP contribution in [0.5, 0.6) is 0 Å². The van der Waals surface area contributed by atoms with E-state index in [2.05, 4.69) is 5.32 Å². The molecule has 1 aliphatic rings. The van der Waals surface area contributed by atoms with E-state index in [9.17, 15) is 9.18 Å². The standard InChI is InChI=1S/C18H18ClFN2O.ClH/c19-14-6-3-11(4-7-14)13-5-8-15(16(20)9-13)18(23)22-10-17(21)12-1-2-12;/h3-9,12,17H,1-2,10,21H2,(H,22,23);1H. The van der Waals surface area contributed by atoms with Crippen LogP contribution in [0.4, 0.5) is 4.39 Å². The summed E-state index contributed by atoms with van der Waals surface area (Å²) in [6, 6.07) is 11.6. The van der Waals surface area contributed by atoms with Gasteiger partial charge in [-0.3, -0.25) is 4.79 Å². The van der Waals surface area contributed by atoms with Gasteiger partial charge in [-0.2, -0.15) is 0 Å². The summed E-state index contributed by atoms with van der Waals surface area (Å²) in [4.78, 5) is 12.1. The van der Waals surface area contributed by atoms with Crippen LogP contribution in [0.1, 0.15) is 23.2 Å². The van der Waals surface area contributed by atoms with E-state index in [4.69, 9.17) is 17.3 Å². The zero-order chi connectivity index (χ0) is 16.4. The van der Waals surface area contributed by atoms with Crippen molar-refractivity contribution in [2.24, 2.45) is 11.7 Å². The summed E-state index contributed by atoms with van der Waals surface area (Å²) in [6.07, 6.45) is 2.22. The van der Waals surface area contributed by atoms with Gasteiger partial charge in [-0.05, 0) is 54.2 Å². The Balaban J connectivity index is 0.00000208. The first-order valence-electron chi connectivity index (χ1n) is 7.64. The van der Waals surface area contributed by atoms with Crippen molar-refractivity contribution in [2.45, 2.75) is 18.9 Å². The molecule has 0 aliphatic heterocycles. The van der Waals surface area contributed by atoms with Crippen LogP contribution in [0, 0.1) is 11.7 Å². The number of carbonyl (C=O) groups is 1. The number of hydrogen-bond donors (Lipinski definition) is 2. The molecule has 0 spiro atoms. The van der Waals surface area contributed by atoms with E-state index >= 15 is 0 Å². The minimum Gasteiger partial charge on any atom is -0.350 e. The van der Waals surface area contributed by atoms with Crippen molar-refractivity contribution in [3.63, 3.8) is 0 Å². The van der Waals surface area contributed by atoms with Crippen LogP contribution in [0.25, 0.3) is 11.1 Å². The Bertz CT molecular complexity index is 717. The first kappa shape index (κ1) is 18.7. The molecule has 1 saturated carbocycles. The largest absolute Gasteiger partial charge is 0.350 e. The minimum absolute atomic E-state index is 0. The Hall–Kier alpha value is -1.62. The molecule has 2 aromatic rings. The summed E-state index contributed by atoms with van der Waals surface area (Å²) in [5, 5.41) is 3.33. The summed E-state index contributed by atoms with van der Waals surface area (Å²) in [6.45, 7) is 0.377. The number of carbonyl (C=O) groups excluding carboxylic acids is 1. The highest BCUT2D eigenvalue weighted by Crippen LogP contribution is 2.31. The molecular weight excluding hydrogens is 350 g/mol. The topological polar surface area (TPSA) is 55.1 Å². The fraction of sp³-hybridized carbons (Fsp3) is 0.278. The second-order valence-electron chi connectivity index (χ2n) is 5.91. The van der Waals surface area contributed by atoms with Crippen LogP contribution in [0.15, 0.2) is 42.5 Å². The van der Waals surface area contributed by atoms with Gasteiger partial charge in [0.05, 0.1) is 5.56 Å². The fourth-order valence-electron chi connectivity index (χ4n) is 2.52. The molecule has 0 aromatic heterocycles. The molecule has 0 heterocycles. The molecule has 1 unspecified atom stereocenters.